The van der Waals surface area contributed by atoms with Crippen molar-refractivity contribution in [1.82, 2.24) is 15.6 Å². The van der Waals surface area contributed by atoms with Crippen molar-refractivity contribution in [1.29, 1.82) is 0 Å². The first-order valence-corrected chi connectivity index (χ1v) is 12.5. The molecule has 202 valence electrons. The fourth-order valence-electron chi connectivity index (χ4n) is 4.44. The fraction of sp³-hybridized carbons (Fsp3) is 0.393. The molecule has 1 aliphatic carbocycles. The molecule has 4 rings (SSSR count). The van der Waals surface area contributed by atoms with Crippen molar-refractivity contribution in [3.63, 3.8) is 0 Å². The van der Waals surface area contributed by atoms with Crippen LogP contribution in [0, 0.1) is 11.7 Å². The average Bonchev–Trinajstić information content (AvgIpc) is 3.64. The number of hydrogen-bond acceptors (Lipinski definition) is 4. The second kappa shape index (κ2) is 10.6. The predicted octanol–water partition coefficient (Wildman–Crippen LogP) is 6.22. The van der Waals surface area contributed by atoms with Crippen LogP contribution in [-0.4, -0.2) is 29.9 Å². The topological polar surface area (TPSA) is 83.1 Å². The third kappa shape index (κ3) is 5.89. The van der Waals surface area contributed by atoms with Crippen LogP contribution in [0.2, 0.25) is 0 Å². The Balaban J connectivity index is 1.78. The van der Waals surface area contributed by atoms with Crippen LogP contribution in [0.15, 0.2) is 36.5 Å². The molecule has 0 spiro atoms. The molecule has 38 heavy (non-hydrogen) atoms. The molecule has 0 radical (unpaired) electrons. The fourth-order valence-corrected chi connectivity index (χ4v) is 4.44. The van der Waals surface area contributed by atoms with Crippen molar-refractivity contribution in [2.45, 2.75) is 58.3 Å². The van der Waals surface area contributed by atoms with E-state index in [1.54, 1.807) is 14.0 Å². The molecule has 1 fully saturated rings. The summed E-state index contributed by atoms with van der Waals surface area (Å²) >= 11 is 0. The lowest BCUT2D eigenvalue weighted by molar-refractivity contribution is -0.137. The number of pyridine rings is 1. The van der Waals surface area contributed by atoms with Gasteiger partial charge in [0.1, 0.15) is 5.82 Å². The Hall–Kier alpha value is -3.69. The van der Waals surface area contributed by atoms with Crippen molar-refractivity contribution in [3.8, 4) is 11.1 Å². The van der Waals surface area contributed by atoms with E-state index in [4.69, 9.17) is 0 Å². The zero-order chi connectivity index (χ0) is 27.8. The molecule has 0 bridgehead atoms. The zero-order valence-corrected chi connectivity index (χ0v) is 21.6. The zero-order valence-electron chi connectivity index (χ0n) is 21.6. The van der Waals surface area contributed by atoms with Crippen molar-refractivity contribution < 1.29 is 27.2 Å². The second-order valence-corrected chi connectivity index (χ2v) is 10.1. The number of carbonyl (C=O) groups is 2. The van der Waals surface area contributed by atoms with Gasteiger partial charge in [-0.1, -0.05) is 26.0 Å². The summed E-state index contributed by atoms with van der Waals surface area (Å²) < 4.78 is 57.5. The summed E-state index contributed by atoms with van der Waals surface area (Å²) in [5, 5.41) is 8.81. The van der Waals surface area contributed by atoms with Gasteiger partial charge in [-0.3, -0.25) is 14.6 Å². The highest BCUT2D eigenvalue weighted by Gasteiger charge is 2.35. The van der Waals surface area contributed by atoms with E-state index >= 15 is 4.39 Å². The number of aromatic nitrogens is 1. The predicted molar refractivity (Wildman–Crippen MR) is 138 cm³/mol. The minimum Gasteiger partial charge on any atom is -0.387 e. The van der Waals surface area contributed by atoms with Gasteiger partial charge in [-0.15, -0.1) is 0 Å². The monoisotopic (exact) mass is 530 g/mol. The number of amides is 2. The quantitative estimate of drug-likeness (QED) is 0.302. The van der Waals surface area contributed by atoms with Crippen LogP contribution in [0.25, 0.3) is 22.0 Å². The van der Waals surface area contributed by atoms with Crippen LogP contribution in [-0.2, 0) is 11.0 Å². The Morgan fingerprint density at radius 3 is 2.39 bits per heavy atom. The van der Waals surface area contributed by atoms with E-state index in [2.05, 4.69) is 20.9 Å². The van der Waals surface area contributed by atoms with Crippen molar-refractivity contribution in [3.05, 3.63) is 59.0 Å². The van der Waals surface area contributed by atoms with Crippen LogP contribution in [0.4, 0.5) is 23.2 Å². The molecule has 2 amide bonds. The molecule has 1 aromatic heterocycles. The summed E-state index contributed by atoms with van der Waals surface area (Å²) in [6, 6.07) is 5.43. The molecule has 1 aliphatic rings. The molecular formula is C28H30F4N4O2. The van der Waals surface area contributed by atoms with E-state index in [0.717, 1.165) is 25.0 Å². The summed E-state index contributed by atoms with van der Waals surface area (Å²) in [6.07, 6.45) is -1.45. The van der Waals surface area contributed by atoms with E-state index in [-0.39, 0.29) is 58.0 Å². The van der Waals surface area contributed by atoms with E-state index in [1.165, 1.54) is 24.4 Å². The number of nitrogens with one attached hydrogen (secondary N) is 3. The second-order valence-electron chi connectivity index (χ2n) is 10.1. The maximum atomic E-state index is 15.2. The van der Waals surface area contributed by atoms with E-state index in [9.17, 15) is 22.8 Å². The Morgan fingerprint density at radius 2 is 1.82 bits per heavy atom. The van der Waals surface area contributed by atoms with E-state index in [0.29, 0.717) is 11.1 Å². The molecule has 2 aromatic carbocycles. The van der Waals surface area contributed by atoms with Crippen LogP contribution in [0.1, 0.15) is 67.6 Å². The summed E-state index contributed by atoms with van der Waals surface area (Å²) in [4.78, 5) is 29.0. The SMILES string of the molecule is CNc1c(C(=O)NC2CC2)cnc2cc(C(F)(F)F)c(-c3ccc(C(C)NC(=O)CC(C)C)c(F)c3)cc12. The Bertz CT molecular complexity index is 1380. The Kier molecular flexibility index (Phi) is 7.62. The highest BCUT2D eigenvalue weighted by Crippen LogP contribution is 2.41. The van der Waals surface area contributed by atoms with Gasteiger partial charge in [-0.05, 0) is 55.0 Å². The van der Waals surface area contributed by atoms with Gasteiger partial charge >= 0.3 is 6.18 Å². The Labute approximate surface area is 218 Å². The normalized spacial score (nSPS) is 14.4. The van der Waals surface area contributed by atoms with Crippen LogP contribution in [0.5, 0.6) is 0 Å². The highest BCUT2D eigenvalue weighted by molar-refractivity contribution is 6.08. The highest BCUT2D eigenvalue weighted by atomic mass is 19.4. The summed E-state index contributed by atoms with van der Waals surface area (Å²) in [5.41, 5.74) is -0.447. The minimum atomic E-state index is -4.74. The van der Waals surface area contributed by atoms with E-state index < -0.39 is 23.6 Å². The van der Waals surface area contributed by atoms with Crippen molar-refractivity contribution in [2.75, 3.05) is 12.4 Å². The maximum absolute atomic E-state index is 15.2. The van der Waals surface area contributed by atoms with Crippen molar-refractivity contribution >= 4 is 28.4 Å². The molecule has 1 saturated carbocycles. The number of fused-ring (bicyclic) bond motifs is 1. The van der Waals surface area contributed by atoms with Gasteiger partial charge in [0.15, 0.2) is 0 Å². The van der Waals surface area contributed by atoms with Gasteiger partial charge in [0, 0.05) is 36.7 Å². The summed E-state index contributed by atoms with van der Waals surface area (Å²) in [6.45, 7) is 5.39. The molecule has 10 heteroatoms. The van der Waals surface area contributed by atoms with Gasteiger partial charge in [0.25, 0.3) is 5.91 Å². The van der Waals surface area contributed by atoms with Crippen LogP contribution < -0.4 is 16.0 Å². The van der Waals surface area contributed by atoms with Crippen molar-refractivity contribution in [2.24, 2.45) is 5.92 Å². The molecule has 0 saturated heterocycles. The number of carbonyl (C=O) groups excluding carboxylic acids is 2. The number of halogens is 4. The van der Waals surface area contributed by atoms with Gasteiger partial charge in [-0.25, -0.2) is 4.39 Å². The molecule has 0 aliphatic heterocycles. The van der Waals surface area contributed by atoms with Gasteiger partial charge < -0.3 is 16.0 Å². The number of benzene rings is 2. The number of nitrogens with zero attached hydrogens (tertiary/aromatic N) is 1. The minimum absolute atomic E-state index is 0.0103. The molecule has 6 nitrogen and oxygen atoms in total. The molecule has 3 N–H and O–H groups in total. The molecule has 1 atom stereocenters. The average molecular weight is 531 g/mol. The number of alkyl halides is 3. The first kappa shape index (κ1) is 27.3. The van der Waals surface area contributed by atoms with Gasteiger partial charge in [-0.2, -0.15) is 13.2 Å². The molecular weight excluding hydrogens is 500 g/mol. The standard InChI is InChI=1S/C28H30F4N4O2/c1-14(2)9-25(37)35-15(3)18-8-5-16(10-23(18)29)19-11-20-24(12-22(19)28(30,31)32)34-13-21(26(20)33-4)27(38)36-17-6-7-17/h5,8,10-15,17H,6-7,9H2,1-4H3,(H,33,34)(H,35,37)(H,36,38). The lowest BCUT2D eigenvalue weighted by Crippen LogP contribution is -2.28. The number of anilines is 1. The number of hydrogen-bond donors (Lipinski definition) is 3. The third-order valence-corrected chi connectivity index (χ3v) is 6.47. The smallest absolute Gasteiger partial charge is 0.387 e. The molecule has 1 unspecified atom stereocenters. The maximum Gasteiger partial charge on any atom is 0.417 e. The molecule has 1 heterocycles. The Morgan fingerprint density at radius 1 is 1.11 bits per heavy atom. The van der Waals surface area contributed by atoms with Gasteiger partial charge in [0.2, 0.25) is 5.91 Å². The summed E-state index contributed by atoms with van der Waals surface area (Å²) in [7, 11) is 1.57. The first-order chi connectivity index (χ1) is 17.9. The summed E-state index contributed by atoms with van der Waals surface area (Å²) in [5.74, 6) is -1.21. The lowest BCUT2D eigenvalue weighted by Gasteiger charge is -2.19. The van der Waals surface area contributed by atoms with Crippen LogP contribution >= 0.6 is 0 Å². The lowest BCUT2D eigenvalue weighted by atomic mass is 9.93. The largest absolute Gasteiger partial charge is 0.417 e. The first-order valence-electron chi connectivity index (χ1n) is 12.5. The third-order valence-electron chi connectivity index (χ3n) is 6.47. The number of rotatable bonds is 8. The molecule has 3 aromatic rings. The van der Waals surface area contributed by atoms with Crippen LogP contribution in [0.3, 0.4) is 0 Å². The van der Waals surface area contributed by atoms with E-state index in [1.807, 2.05) is 13.8 Å². The van der Waals surface area contributed by atoms with Gasteiger partial charge in [0.05, 0.1) is 28.4 Å².